The zero-order valence-corrected chi connectivity index (χ0v) is 12.7. The predicted molar refractivity (Wildman–Crippen MR) is 81.1 cm³/mol. The maximum absolute atomic E-state index is 9.98. The summed E-state index contributed by atoms with van der Waals surface area (Å²) in [6, 6.07) is 7.74. The van der Waals surface area contributed by atoms with E-state index in [0.717, 1.165) is 24.2 Å². The summed E-state index contributed by atoms with van der Waals surface area (Å²) < 4.78 is 5.61. The van der Waals surface area contributed by atoms with E-state index < -0.39 is 6.10 Å². The van der Waals surface area contributed by atoms with Gasteiger partial charge in [-0.2, -0.15) is 0 Å². The van der Waals surface area contributed by atoms with Gasteiger partial charge in [-0.3, -0.25) is 0 Å². The highest BCUT2D eigenvalue weighted by Crippen LogP contribution is 2.17. The van der Waals surface area contributed by atoms with Gasteiger partial charge in [0, 0.05) is 12.1 Å². The molecule has 0 radical (unpaired) electrons. The maximum Gasteiger partial charge on any atom is 0.122 e. The summed E-state index contributed by atoms with van der Waals surface area (Å²) in [6.07, 6.45) is 1.05. The topological polar surface area (TPSA) is 61.7 Å². The summed E-state index contributed by atoms with van der Waals surface area (Å²) in [6.45, 7) is 6.77. The van der Waals surface area contributed by atoms with Gasteiger partial charge in [0.25, 0.3) is 0 Å². The molecule has 0 aliphatic rings. The molecule has 1 rings (SSSR count). The van der Waals surface area contributed by atoms with Crippen LogP contribution in [0.15, 0.2) is 24.3 Å². The molecule has 114 valence electrons. The van der Waals surface area contributed by atoms with E-state index in [-0.39, 0.29) is 18.8 Å². The van der Waals surface area contributed by atoms with Crippen LogP contribution in [0.1, 0.15) is 32.3 Å². The highest BCUT2D eigenvalue weighted by atomic mass is 16.5. The number of hydrogen-bond donors (Lipinski definition) is 3. The van der Waals surface area contributed by atoms with Crippen LogP contribution < -0.4 is 10.1 Å². The molecule has 0 aliphatic heterocycles. The molecule has 0 saturated heterocycles. The Kier molecular flexibility index (Phi) is 6.99. The van der Waals surface area contributed by atoms with Gasteiger partial charge in [0.1, 0.15) is 18.5 Å². The minimum Gasteiger partial charge on any atom is -0.491 e. The lowest BCUT2D eigenvalue weighted by Gasteiger charge is -2.32. The monoisotopic (exact) mass is 281 g/mol. The van der Waals surface area contributed by atoms with Gasteiger partial charge in [-0.1, -0.05) is 32.0 Å². The molecule has 1 atom stereocenters. The summed E-state index contributed by atoms with van der Waals surface area (Å²) in [4.78, 5) is 0. The highest BCUT2D eigenvalue weighted by molar-refractivity contribution is 5.31. The number of benzene rings is 1. The average Bonchev–Trinajstić information content (AvgIpc) is 2.48. The van der Waals surface area contributed by atoms with Gasteiger partial charge < -0.3 is 20.3 Å². The first-order valence-electron chi connectivity index (χ1n) is 7.29. The molecule has 4 heteroatoms. The maximum atomic E-state index is 9.98. The zero-order chi connectivity index (χ0) is 15.0. The SMILES string of the molecule is CCC(CC)(CO)NCC(O)COc1ccccc1C. The molecule has 0 aliphatic carbocycles. The second-order valence-electron chi connectivity index (χ2n) is 5.26. The third kappa shape index (κ3) is 4.78. The molecule has 1 unspecified atom stereocenters. The minimum atomic E-state index is -0.598. The number of para-hydroxylation sites is 1. The number of aliphatic hydroxyl groups excluding tert-OH is 2. The molecule has 1 aromatic rings. The van der Waals surface area contributed by atoms with Crippen molar-refractivity contribution in [2.75, 3.05) is 19.8 Å². The van der Waals surface area contributed by atoms with Crippen molar-refractivity contribution < 1.29 is 14.9 Å². The first-order chi connectivity index (χ1) is 9.56. The van der Waals surface area contributed by atoms with Crippen molar-refractivity contribution in [2.24, 2.45) is 0 Å². The zero-order valence-electron chi connectivity index (χ0n) is 12.7. The fraction of sp³-hybridized carbons (Fsp3) is 0.625. The molecule has 0 saturated carbocycles. The summed E-state index contributed by atoms with van der Waals surface area (Å²) in [5.74, 6) is 0.797. The molecule has 1 aromatic carbocycles. The summed E-state index contributed by atoms with van der Waals surface area (Å²) in [7, 11) is 0. The van der Waals surface area contributed by atoms with E-state index >= 15 is 0 Å². The fourth-order valence-electron chi connectivity index (χ4n) is 2.08. The molecule has 0 heterocycles. The fourth-order valence-corrected chi connectivity index (χ4v) is 2.08. The standard InChI is InChI=1S/C16H27NO3/c1-4-16(5-2,12-18)17-10-14(19)11-20-15-9-7-6-8-13(15)3/h6-9,14,17-19H,4-5,10-12H2,1-3H3. The van der Waals surface area contributed by atoms with E-state index in [0.29, 0.717) is 6.54 Å². The van der Waals surface area contributed by atoms with Gasteiger partial charge in [-0.05, 0) is 31.4 Å². The lowest BCUT2D eigenvalue weighted by molar-refractivity contribution is 0.0810. The number of aliphatic hydroxyl groups is 2. The van der Waals surface area contributed by atoms with Gasteiger partial charge in [-0.25, -0.2) is 0 Å². The quantitative estimate of drug-likeness (QED) is 0.647. The Labute approximate surface area is 121 Å². The first-order valence-corrected chi connectivity index (χ1v) is 7.29. The van der Waals surface area contributed by atoms with Gasteiger partial charge in [-0.15, -0.1) is 0 Å². The number of aryl methyl sites for hydroxylation is 1. The van der Waals surface area contributed by atoms with Crippen molar-refractivity contribution in [3.8, 4) is 5.75 Å². The lowest BCUT2D eigenvalue weighted by atomic mass is 9.94. The molecule has 20 heavy (non-hydrogen) atoms. The lowest BCUT2D eigenvalue weighted by Crippen LogP contribution is -2.50. The smallest absolute Gasteiger partial charge is 0.122 e. The van der Waals surface area contributed by atoms with Crippen molar-refractivity contribution in [1.82, 2.24) is 5.32 Å². The number of ether oxygens (including phenoxy) is 1. The third-order valence-electron chi connectivity index (χ3n) is 3.89. The van der Waals surface area contributed by atoms with E-state index in [1.54, 1.807) is 0 Å². The van der Waals surface area contributed by atoms with Crippen molar-refractivity contribution in [3.63, 3.8) is 0 Å². The Balaban J connectivity index is 2.41. The van der Waals surface area contributed by atoms with Crippen LogP contribution in [0.5, 0.6) is 5.75 Å². The van der Waals surface area contributed by atoms with E-state index in [9.17, 15) is 10.2 Å². The molecule has 3 N–H and O–H groups in total. The molecule has 0 bridgehead atoms. The van der Waals surface area contributed by atoms with Crippen LogP contribution in [-0.2, 0) is 0 Å². The van der Waals surface area contributed by atoms with Crippen molar-refractivity contribution in [3.05, 3.63) is 29.8 Å². The van der Waals surface area contributed by atoms with Gasteiger partial charge >= 0.3 is 0 Å². The third-order valence-corrected chi connectivity index (χ3v) is 3.89. The number of rotatable bonds is 9. The van der Waals surface area contributed by atoms with Crippen molar-refractivity contribution in [2.45, 2.75) is 45.3 Å². The van der Waals surface area contributed by atoms with Crippen LogP contribution in [0.25, 0.3) is 0 Å². The second kappa shape index (κ2) is 8.25. The average molecular weight is 281 g/mol. The van der Waals surface area contributed by atoms with Crippen LogP contribution in [0, 0.1) is 6.92 Å². The van der Waals surface area contributed by atoms with Crippen LogP contribution in [0.4, 0.5) is 0 Å². The van der Waals surface area contributed by atoms with E-state index in [1.807, 2.05) is 45.0 Å². The van der Waals surface area contributed by atoms with Crippen LogP contribution in [-0.4, -0.2) is 41.6 Å². The summed E-state index contributed by atoms with van der Waals surface area (Å²) >= 11 is 0. The van der Waals surface area contributed by atoms with Gasteiger partial charge in [0.15, 0.2) is 0 Å². The van der Waals surface area contributed by atoms with Crippen molar-refractivity contribution in [1.29, 1.82) is 0 Å². The van der Waals surface area contributed by atoms with Crippen LogP contribution in [0.3, 0.4) is 0 Å². The Hall–Kier alpha value is -1.10. The Morgan fingerprint density at radius 2 is 1.90 bits per heavy atom. The first kappa shape index (κ1) is 17.0. The molecule has 0 spiro atoms. The van der Waals surface area contributed by atoms with Crippen LogP contribution >= 0.6 is 0 Å². The molecule has 4 nitrogen and oxygen atoms in total. The van der Waals surface area contributed by atoms with Gasteiger partial charge in [0.05, 0.1) is 6.61 Å². The van der Waals surface area contributed by atoms with Crippen LogP contribution in [0.2, 0.25) is 0 Å². The Bertz CT molecular complexity index is 383. The molecule has 0 aromatic heterocycles. The van der Waals surface area contributed by atoms with E-state index in [1.165, 1.54) is 0 Å². The summed E-state index contributed by atoms with van der Waals surface area (Å²) in [5, 5.41) is 22.7. The largest absolute Gasteiger partial charge is 0.491 e. The molecular formula is C16H27NO3. The Morgan fingerprint density at radius 1 is 1.25 bits per heavy atom. The second-order valence-corrected chi connectivity index (χ2v) is 5.26. The molecule has 0 amide bonds. The highest BCUT2D eigenvalue weighted by Gasteiger charge is 2.25. The van der Waals surface area contributed by atoms with E-state index in [4.69, 9.17) is 4.74 Å². The number of nitrogens with one attached hydrogen (secondary N) is 1. The molecule has 0 fully saturated rings. The predicted octanol–water partition coefficient (Wildman–Crippen LogP) is 1.88. The summed E-state index contributed by atoms with van der Waals surface area (Å²) in [5.41, 5.74) is 0.753. The van der Waals surface area contributed by atoms with Crippen molar-refractivity contribution >= 4 is 0 Å². The van der Waals surface area contributed by atoms with Gasteiger partial charge in [0.2, 0.25) is 0 Å². The normalized spacial score (nSPS) is 13.2. The number of β-amino-alcohol motifs (C(OH)–C–C–N with tert-alkyl or cyclic N) is 1. The Morgan fingerprint density at radius 3 is 2.45 bits per heavy atom. The molecular weight excluding hydrogens is 254 g/mol. The number of hydrogen-bond acceptors (Lipinski definition) is 4. The minimum absolute atomic E-state index is 0.0748. The van der Waals surface area contributed by atoms with E-state index in [2.05, 4.69) is 5.32 Å².